The van der Waals surface area contributed by atoms with Crippen LogP contribution in [0.3, 0.4) is 0 Å². The maximum Gasteiger partial charge on any atom is 0.232 e. The molecule has 1 amide bonds. The summed E-state index contributed by atoms with van der Waals surface area (Å²) in [6, 6.07) is 0.120. The lowest BCUT2D eigenvalue weighted by Gasteiger charge is -2.27. The van der Waals surface area contributed by atoms with Gasteiger partial charge in [-0.25, -0.2) is 4.98 Å². The van der Waals surface area contributed by atoms with Crippen LogP contribution in [0.1, 0.15) is 26.2 Å². The predicted octanol–water partition coefficient (Wildman–Crippen LogP) is 2.05. The van der Waals surface area contributed by atoms with Gasteiger partial charge in [-0.3, -0.25) is 4.79 Å². The number of anilines is 2. The number of aromatic nitrogens is 2. The van der Waals surface area contributed by atoms with Gasteiger partial charge in [-0.15, -0.1) is 0 Å². The monoisotopic (exact) mass is 252 g/mol. The minimum Gasteiger partial charge on any atom is -0.364 e. The number of carbonyl (C=O) groups is 1. The van der Waals surface area contributed by atoms with E-state index in [9.17, 15) is 4.79 Å². The Morgan fingerprint density at radius 2 is 2.41 bits per heavy atom. The molecule has 0 radical (unpaired) electrons. The molecule has 1 aliphatic heterocycles. The summed E-state index contributed by atoms with van der Waals surface area (Å²) >= 11 is 5.77. The molecule has 0 aromatic carbocycles. The number of fused-ring (bicyclic) bond motifs is 2. The summed E-state index contributed by atoms with van der Waals surface area (Å²) in [5.74, 6) is 0.658. The Bertz CT molecular complexity index is 492. The van der Waals surface area contributed by atoms with Crippen LogP contribution in [0.15, 0.2) is 6.20 Å². The van der Waals surface area contributed by atoms with Crippen molar-refractivity contribution in [3.63, 3.8) is 0 Å². The number of hydrogen-bond acceptors (Lipinski definition) is 4. The van der Waals surface area contributed by atoms with E-state index < -0.39 is 0 Å². The van der Waals surface area contributed by atoms with Crippen molar-refractivity contribution in [3.8, 4) is 0 Å². The first-order valence-electron chi connectivity index (χ1n) is 5.70. The van der Waals surface area contributed by atoms with Crippen LogP contribution >= 0.6 is 11.6 Å². The van der Waals surface area contributed by atoms with E-state index >= 15 is 0 Å². The first-order valence-corrected chi connectivity index (χ1v) is 6.08. The summed E-state index contributed by atoms with van der Waals surface area (Å²) in [7, 11) is 0. The second-order valence-corrected chi connectivity index (χ2v) is 5.20. The maximum absolute atomic E-state index is 12.2. The first-order chi connectivity index (χ1) is 8.09. The van der Waals surface area contributed by atoms with Crippen LogP contribution in [0.25, 0.3) is 0 Å². The summed E-state index contributed by atoms with van der Waals surface area (Å²) in [5, 5.41) is 6.38. The van der Waals surface area contributed by atoms with Gasteiger partial charge < -0.3 is 10.6 Å². The third-order valence-corrected chi connectivity index (χ3v) is 3.98. The zero-order valence-electron chi connectivity index (χ0n) is 9.46. The molecular formula is C11H13ClN4O. The molecule has 2 atom stereocenters. The summed E-state index contributed by atoms with van der Waals surface area (Å²) in [4.78, 5) is 20.2. The molecule has 1 saturated carbocycles. The Labute approximate surface area is 104 Å². The Hall–Kier alpha value is -1.36. The largest absolute Gasteiger partial charge is 0.364 e. The fraction of sp³-hybridized carbons (Fsp3) is 0.545. The predicted molar refractivity (Wildman–Crippen MR) is 65.0 cm³/mol. The minimum absolute atomic E-state index is 0.0390. The smallest absolute Gasteiger partial charge is 0.232 e. The lowest BCUT2D eigenvalue weighted by molar-refractivity contribution is -0.124. The summed E-state index contributed by atoms with van der Waals surface area (Å²) < 4.78 is 0. The average Bonchev–Trinajstić information content (AvgIpc) is 2.61. The Balaban J connectivity index is 2.06. The van der Waals surface area contributed by atoms with Gasteiger partial charge >= 0.3 is 0 Å². The molecule has 17 heavy (non-hydrogen) atoms. The molecule has 1 aromatic rings. The SMILES string of the molecule is CC12CCCC1Nc1nc(Cl)ncc1NC2=O. The van der Waals surface area contributed by atoms with Gasteiger partial charge in [0.25, 0.3) is 0 Å². The molecule has 0 bridgehead atoms. The van der Waals surface area contributed by atoms with Gasteiger partial charge in [0.05, 0.1) is 11.6 Å². The van der Waals surface area contributed by atoms with Gasteiger partial charge in [0, 0.05) is 6.04 Å². The van der Waals surface area contributed by atoms with Crippen LogP contribution in [-0.2, 0) is 4.79 Å². The van der Waals surface area contributed by atoms with Crippen molar-refractivity contribution in [2.24, 2.45) is 5.41 Å². The molecule has 6 heteroatoms. The number of nitrogens with zero attached hydrogens (tertiary/aromatic N) is 2. The molecule has 0 saturated heterocycles. The zero-order chi connectivity index (χ0) is 12.0. The van der Waals surface area contributed by atoms with E-state index in [0.29, 0.717) is 11.5 Å². The molecule has 3 rings (SSSR count). The third kappa shape index (κ3) is 1.57. The average molecular weight is 253 g/mol. The van der Waals surface area contributed by atoms with E-state index in [1.165, 1.54) is 0 Å². The fourth-order valence-corrected chi connectivity index (χ4v) is 2.79. The van der Waals surface area contributed by atoms with Crippen molar-refractivity contribution in [2.75, 3.05) is 10.6 Å². The van der Waals surface area contributed by atoms with Gasteiger partial charge in [0.1, 0.15) is 5.69 Å². The quantitative estimate of drug-likeness (QED) is 0.694. The molecule has 2 unspecified atom stereocenters. The van der Waals surface area contributed by atoms with Gasteiger partial charge in [-0.2, -0.15) is 4.98 Å². The van der Waals surface area contributed by atoms with E-state index in [1.807, 2.05) is 6.92 Å². The van der Waals surface area contributed by atoms with Crippen LogP contribution < -0.4 is 10.6 Å². The molecule has 1 aromatic heterocycles. The second-order valence-electron chi connectivity index (χ2n) is 4.86. The number of amides is 1. The highest BCUT2D eigenvalue weighted by molar-refractivity contribution is 6.28. The van der Waals surface area contributed by atoms with Gasteiger partial charge in [-0.1, -0.05) is 6.42 Å². The standard InChI is InChI=1S/C11H13ClN4O/c1-11-4-2-3-7(11)15-8-6(14-9(11)17)5-13-10(12)16-8/h5,7H,2-4H2,1H3,(H,14,17)(H,13,15,16). The topological polar surface area (TPSA) is 66.9 Å². The summed E-state index contributed by atoms with van der Waals surface area (Å²) in [6.45, 7) is 1.99. The summed E-state index contributed by atoms with van der Waals surface area (Å²) in [6.07, 6.45) is 4.46. The molecule has 1 aliphatic carbocycles. The van der Waals surface area contributed by atoms with Crippen molar-refractivity contribution in [3.05, 3.63) is 11.5 Å². The van der Waals surface area contributed by atoms with Crippen LogP contribution in [0.2, 0.25) is 5.28 Å². The number of nitrogens with one attached hydrogen (secondary N) is 2. The number of rotatable bonds is 0. The van der Waals surface area contributed by atoms with Crippen molar-refractivity contribution in [2.45, 2.75) is 32.2 Å². The van der Waals surface area contributed by atoms with Gasteiger partial charge in [-0.05, 0) is 31.4 Å². The molecule has 1 fully saturated rings. The highest BCUT2D eigenvalue weighted by atomic mass is 35.5. The molecule has 0 spiro atoms. The maximum atomic E-state index is 12.2. The molecule has 90 valence electrons. The van der Waals surface area contributed by atoms with Crippen LogP contribution in [-0.4, -0.2) is 21.9 Å². The fourth-order valence-electron chi connectivity index (χ4n) is 2.66. The Morgan fingerprint density at radius 1 is 1.59 bits per heavy atom. The zero-order valence-corrected chi connectivity index (χ0v) is 10.2. The Kier molecular flexibility index (Phi) is 2.26. The van der Waals surface area contributed by atoms with E-state index in [4.69, 9.17) is 11.6 Å². The van der Waals surface area contributed by atoms with Crippen LogP contribution in [0.5, 0.6) is 0 Å². The normalized spacial score (nSPS) is 30.9. The lowest BCUT2D eigenvalue weighted by atomic mass is 9.84. The van der Waals surface area contributed by atoms with E-state index in [0.717, 1.165) is 19.3 Å². The first kappa shape index (κ1) is 10.8. The van der Waals surface area contributed by atoms with Crippen molar-refractivity contribution in [1.82, 2.24) is 9.97 Å². The van der Waals surface area contributed by atoms with Gasteiger partial charge in [0.2, 0.25) is 11.2 Å². The van der Waals surface area contributed by atoms with Crippen LogP contribution in [0.4, 0.5) is 11.5 Å². The number of hydrogen-bond donors (Lipinski definition) is 2. The second kappa shape index (κ2) is 3.57. The number of carbonyl (C=O) groups excluding carboxylic acids is 1. The third-order valence-electron chi connectivity index (χ3n) is 3.80. The highest BCUT2D eigenvalue weighted by Gasteiger charge is 2.47. The minimum atomic E-state index is -0.368. The highest BCUT2D eigenvalue weighted by Crippen LogP contribution is 2.43. The van der Waals surface area contributed by atoms with E-state index in [2.05, 4.69) is 20.6 Å². The van der Waals surface area contributed by atoms with Gasteiger partial charge in [0.15, 0.2) is 5.82 Å². The van der Waals surface area contributed by atoms with E-state index in [-0.39, 0.29) is 22.6 Å². The van der Waals surface area contributed by atoms with Crippen molar-refractivity contribution in [1.29, 1.82) is 0 Å². The van der Waals surface area contributed by atoms with Crippen molar-refractivity contribution >= 4 is 29.0 Å². The molecule has 2 aliphatic rings. The molecule has 2 N–H and O–H groups in total. The molecule has 2 heterocycles. The summed E-state index contributed by atoms with van der Waals surface area (Å²) in [5.41, 5.74) is 0.239. The number of halogens is 1. The lowest BCUT2D eigenvalue weighted by Crippen LogP contribution is -2.41. The van der Waals surface area contributed by atoms with Crippen LogP contribution in [0, 0.1) is 5.41 Å². The molecule has 5 nitrogen and oxygen atoms in total. The molecular weight excluding hydrogens is 240 g/mol. The van der Waals surface area contributed by atoms with E-state index in [1.54, 1.807) is 6.20 Å². The van der Waals surface area contributed by atoms with Crippen molar-refractivity contribution < 1.29 is 4.79 Å². The Morgan fingerprint density at radius 3 is 3.24 bits per heavy atom.